The van der Waals surface area contributed by atoms with Gasteiger partial charge in [0, 0.05) is 18.3 Å². The van der Waals surface area contributed by atoms with Gasteiger partial charge in [-0.2, -0.15) is 5.10 Å². The molecule has 0 saturated heterocycles. The Morgan fingerprint density at radius 3 is 2.85 bits per heavy atom. The Labute approximate surface area is 124 Å². The number of aromatic amines is 1. The Bertz CT molecular complexity index is 913. The lowest BCUT2D eigenvalue weighted by molar-refractivity contribution is 0.714. The Morgan fingerprint density at radius 2 is 2.20 bits per heavy atom. The zero-order valence-corrected chi connectivity index (χ0v) is 13.1. The minimum atomic E-state index is -0.0485. The smallest absolute Gasteiger partial charge is 0.263 e. The normalized spacial score (nSPS) is 11.3. The summed E-state index contributed by atoms with van der Waals surface area (Å²) in [5.74, 6) is 0. The molecule has 0 amide bonds. The molecule has 0 bridgehead atoms. The summed E-state index contributed by atoms with van der Waals surface area (Å²) in [5, 5.41) is 6.95. The second kappa shape index (κ2) is 4.68. The van der Waals surface area contributed by atoms with E-state index in [-0.39, 0.29) is 5.56 Å². The summed E-state index contributed by atoms with van der Waals surface area (Å²) in [5.41, 5.74) is 2.97. The molecule has 1 N–H and O–H groups in total. The summed E-state index contributed by atoms with van der Waals surface area (Å²) >= 11 is 6.80. The zero-order chi connectivity index (χ0) is 14.4. The van der Waals surface area contributed by atoms with E-state index in [2.05, 4.69) is 10.1 Å². The molecule has 0 aliphatic heterocycles. The molecule has 3 aromatic heterocycles. The molecule has 0 atom stereocenters. The van der Waals surface area contributed by atoms with Gasteiger partial charge >= 0.3 is 0 Å². The number of hydrogen-bond acceptors (Lipinski definition) is 4. The van der Waals surface area contributed by atoms with Crippen LogP contribution in [0.5, 0.6) is 0 Å². The Kier molecular flexibility index (Phi) is 3.10. The van der Waals surface area contributed by atoms with Crippen molar-refractivity contribution in [2.24, 2.45) is 7.05 Å². The van der Waals surface area contributed by atoms with Crippen LogP contribution < -0.4 is 5.56 Å². The molecule has 104 valence electrons. The number of rotatable bonds is 2. The second-order valence-electron chi connectivity index (χ2n) is 4.76. The summed E-state index contributed by atoms with van der Waals surface area (Å²) in [6.45, 7) is 4.39. The average Bonchev–Trinajstić information content (AvgIpc) is 2.93. The SMILES string of the molecule is Cc1nn(C)c(C)c1Cn1c(=S)[nH]c2sccc2c1=O. The highest BCUT2D eigenvalue weighted by Gasteiger charge is 2.13. The van der Waals surface area contributed by atoms with Crippen LogP contribution in [0.4, 0.5) is 0 Å². The van der Waals surface area contributed by atoms with Crippen molar-refractivity contribution in [2.75, 3.05) is 0 Å². The lowest BCUT2D eigenvalue weighted by Gasteiger charge is -2.07. The molecule has 20 heavy (non-hydrogen) atoms. The molecule has 0 spiro atoms. The van der Waals surface area contributed by atoms with E-state index in [0.717, 1.165) is 21.8 Å². The van der Waals surface area contributed by atoms with E-state index >= 15 is 0 Å². The van der Waals surface area contributed by atoms with E-state index in [1.807, 2.05) is 37.0 Å². The molecule has 0 radical (unpaired) electrons. The second-order valence-corrected chi connectivity index (χ2v) is 6.06. The molecule has 0 fully saturated rings. The molecule has 0 saturated carbocycles. The molecule has 0 aliphatic carbocycles. The van der Waals surface area contributed by atoms with Crippen LogP contribution in [-0.2, 0) is 13.6 Å². The number of H-pyrrole nitrogens is 1. The van der Waals surface area contributed by atoms with Gasteiger partial charge in [0.1, 0.15) is 4.83 Å². The zero-order valence-electron chi connectivity index (χ0n) is 11.4. The highest BCUT2D eigenvalue weighted by atomic mass is 32.1. The van der Waals surface area contributed by atoms with Gasteiger partial charge in [0.2, 0.25) is 0 Å². The van der Waals surface area contributed by atoms with Crippen LogP contribution in [0, 0.1) is 18.6 Å². The maximum absolute atomic E-state index is 12.5. The van der Waals surface area contributed by atoms with Gasteiger partial charge in [0.05, 0.1) is 17.6 Å². The van der Waals surface area contributed by atoms with Crippen LogP contribution in [0.15, 0.2) is 16.2 Å². The van der Waals surface area contributed by atoms with Crippen molar-refractivity contribution in [1.29, 1.82) is 0 Å². The van der Waals surface area contributed by atoms with Gasteiger partial charge in [-0.25, -0.2) is 0 Å². The van der Waals surface area contributed by atoms with Gasteiger partial charge in [-0.05, 0) is 37.5 Å². The van der Waals surface area contributed by atoms with Gasteiger partial charge in [-0.3, -0.25) is 14.0 Å². The van der Waals surface area contributed by atoms with E-state index in [0.29, 0.717) is 16.7 Å². The molecule has 0 unspecified atom stereocenters. The van der Waals surface area contributed by atoms with Crippen LogP contribution in [-0.4, -0.2) is 19.3 Å². The van der Waals surface area contributed by atoms with Crippen molar-refractivity contribution >= 4 is 33.8 Å². The molecule has 3 rings (SSSR count). The van der Waals surface area contributed by atoms with Crippen molar-refractivity contribution < 1.29 is 0 Å². The third-order valence-electron chi connectivity index (χ3n) is 3.58. The summed E-state index contributed by atoms with van der Waals surface area (Å²) in [6.07, 6.45) is 0. The number of hydrogen-bond donors (Lipinski definition) is 1. The molecule has 3 heterocycles. The molecule has 7 heteroatoms. The molecule has 3 aromatic rings. The van der Waals surface area contributed by atoms with Gasteiger partial charge < -0.3 is 4.98 Å². The minimum Gasteiger partial charge on any atom is -0.323 e. The largest absolute Gasteiger partial charge is 0.323 e. The summed E-state index contributed by atoms with van der Waals surface area (Å²) in [4.78, 5) is 16.4. The third-order valence-corrected chi connectivity index (χ3v) is 4.73. The van der Waals surface area contributed by atoms with Crippen LogP contribution in [0.3, 0.4) is 0 Å². The Morgan fingerprint density at radius 1 is 1.45 bits per heavy atom. The monoisotopic (exact) mass is 306 g/mol. The third kappa shape index (κ3) is 1.94. The first kappa shape index (κ1) is 13.3. The molecular weight excluding hydrogens is 292 g/mol. The van der Waals surface area contributed by atoms with E-state index in [9.17, 15) is 4.79 Å². The first-order valence-electron chi connectivity index (χ1n) is 6.18. The molecule has 0 aromatic carbocycles. The number of thiophene rings is 1. The Balaban J connectivity index is 2.20. The maximum Gasteiger partial charge on any atom is 0.263 e. The quantitative estimate of drug-likeness (QED) is 0.740. The predicted octanol–water partition coefficient (Wildman–Crippen LogP) is 2.52. The lowest BCUT2D eigenvalue weighted by Crippen LogP contribution is -2.22. The minimum absolute atomic E-state index is 0.0485. The first-order valence-corrected chi connectivity index (χ1v) is 7.47. The fourth-order valence-corrected chi connectivity index (χ4v) is 3.42. The lowest BCUT2D eigenvalue weighted by atomic mass is 10.2. The number of nitrogens with zero attached hydrogens (tertiary/aromatic N) is 3. The predicted molar refractivity (Wildman–Crippen MR) is 83.1 cm³/mol. The fraction of sp³-hybridized carbons (Fsp3) is 0.308. The Hall–Kier alpha value is -1.73. The topological polar surface area (TPSA) is 55.6 Å². The van der Waals surface area contributed by atoms with Crippen molar-refractivity contribution in [2.45, 2.75) is 20.4 Å². The van der Waals surface area contributed by atoms with E-state index in [4.69, 9.17) is 12.2 Å². The highest BCUT2D eigenvalue weighted by Crippen LogP contribution is 2.16. The standard InChI is InChI=1S/C13H14N4OS2/c1-7-10(8(2)16(3)15-7)6-17-12(18)9-4-5-20-11(9)14-13(17)19/h4-5H,6H2,1-3H3,(H,14,19). The van der Waals surface area contributed by atoms with Crippen LogP contribution >= 0.6 is 23.6 Å². The van der Waals surface area contributed by atoms with Crippen molar-refractivity contribution in [1.82, 2.24) is 19.3 Å². The van der Waals surface area contributed by atoms with Gasteiger partial charge in [0.25, 0.3) is 5.56 Å². The van der Waals surface area contributed by atoms with Crippen LogP contribution in [0.25, 0.3) is 10.2 Å². The van der Waals surface area contributed by atoms with Crippen LogP contribution in [0.1, 0.15) is 17.0 Å². The highest BCUT2D eigenvalue weighted by molar-refractivity contribution is 7.71. The first-order chi connectivity index (χ1) is 9.49. The number of aryl methyl sites for hydroxylation is 2. The van der Waals surface area contributed by atoms with Gasteiger partial charge in [0.15, 0.2) is 4.77 Å². The van der Waals surface area contributed by atoms with Crippen molar-refractivity contribution in [3.63, 3.8) is 0 Å². The number of fused-ring (bicyclic) bond motifs is 1. The summed E-state index contributed by atoms with van der Waals surface area (Å²) < 4.78 is 3.88. The van der Waals surface area contributed by atoms with Crippen LogP contribution in [0.2, 0.25) is 0 Å². The number of aromatic nitrogens is 4. The van der Waals surface area contributed by atoms with Crippen molar-refractivity contribution in [3.8, 4) is 0 Å². The fourth-order valence-electron chi connectivity index (χ4n) is 2.32. The van der Waals surface area contributed by atoms with Crippen molar-refractivity contribution in [3.05, 3.63) is 43.5 Å². The maximum atomic E-state index is 12.5. The van der Waals surface area contributed by atoms with Gasteiger partial charge in [-0.1, -0.05) is 0 Å². The molecule has 5 nitrogen and oxygen atoms in total. The summed E-state index contributed by atoms with van der Waals surface area (Å²) in [7, 11) is 1.90. The van der Waals surface area contributed by atoms with E-state index in [1.165, 1.54) is 11.3 Å². The molecule has 0 aliphatic rings. The summed E-state index contributed by atoms with van der Waals surface area (Å²) in [6, 6.07) is 1.83. The molecular formula is C13H14N4OS2. The number of nitrogens with one attached hydrogen (secondary N) is 1. The van der Waals surface area contributed by atoms with Gasteiger partial charge in [-0.15, -0.1) is 11.3 Å². The average molecular weight is 306 g/mol. The van der Waals surface area contributed by atoms with E-state index in [1.54, 1.807) is 4.57 Å². The van der Waals surface area contributed by atoms with E-state index < -0.39 is 0 Å².